The fourth-order valence-electron chi connectivity index (χ4n) is 3.30. The van der Waals surface area contributed by atoms with Crippen LogP contribution in [0, 0.1) is 6.92 Å². The van der Waals surface area contributed by atoms with Crippen LogP contribution in [0.2, 0.25) is 0 Å². The van der Waals surface area contributed by atoms with Crippen LogP contribution in [0.25, 0.3) is 0 Å². The number of sulfonamides is 1. The average Bonchev–Trinajstić information content (AvgIpc) is 2.61. The van der Waals surface area contributed by atoms with Crippen molar-refractivity contribution < 1.29 is 17.9 Å². The van der Waals surface area contributed by atoms with E-state index in [2.05, 4.69) is 6.08 Å². The summed E-state index contributed by atoms with van der Waals surface area (Å²) in [5.74, 6) is -0.483. The van der Waals surface area contributed by atoms with Crippen molar-refractivity contribution in [3.63, 3.8) is 0 Å². The van der Waals surface area contributed by atoms with Gasteiger partial charge in [-0.25, -0.2) is 8.42 Å². The second-order valence-electron chi connectivity index (χ2n) is 6.41. The Kier molecular flexibility index (Phi) is 5.11. The molecule has 1 aromatic rings. The quantitative estimate of drug-likeness (QED) is 0.774. The van der Waals surface area contributed by atoms with Crippen molar-refractivity contribution in [1.29, 1.82) is 0 Å². The molecule has 0 bridgehead atoms. The van der Waals surface area contributed by atoms with Crippen LogP contribution >= 0.6 is 0 Å². The molecule has 0 amide bonds. The van der Waals surface area contributed by atoms with Crippen LogP contribution in [0.15, 0.2) is 52.5 Å². The molecule has 0 N–H and O–H groups in total. The molecule has 0 radical (unpaired) electrons. The largest absolute Gasteiger partial charge is 0.465 e. The molecule has 25 heavy (non-hydrogen) atoms. The first-order chi connectivity index (χ1) is 11.9. The topological polar surface area (TPSA) is 63.7 Å². The normalized spacial score (nSPS) is 21.1. The fraction of sp³-hybridized carbons (Fsp3) is 0.421. The van der Waals surface area contributed by atoms with Gasteiger partial charge in [0.25, 0.3) is 0 Å². The van der Waals surface area contributed by atoms with Gasteiger partial charge in [0.15, 0.2) is 0 Å². The zero-order valence-electron chi connectivity index (χ0n) is 14.6. The minimum absolute atomic E-state index is 0.211. The molecular weight excluding hydrogens is 338 g/mol. The van der Waals surface area contributed by atoms with E-state index in [0.717, 1.165) is 29.6 Å². The van der Waals surface area contributed by atoms with E-state index in [9.17, 15) is 13.2 Å². The fourth-order valence-corrected chi connectivity index (χ4v) is 4.87. The van der Waals surface area contributed by atoms with Crippen LogP contribution in [0.4, 0.5) is 0 Å². The molecule has 3 rings (SSSR count). The lowest BCUT2D eigenvalue weighted by Gasteiger charge is -2.36. The summed E-state index contributed by atoms with van der Waals surface area (Å²) in [5, 5.41) is 0. The van der Waals surface area contributed by atoms with Gasteiger partial charge in [-0.15, -0.1) is 0 Å². The minimum Gasteiger partial charge on any atom is -0.465 e. The maximum absolute atomic E-state index is 13.2. The summed E-state index contributed by atoms with van der Waals surface area (Å²) < 4.78 is 32.8. The first-order valence-corrected chi connectivity index (χ1v) is 10.00. The van der Waals surface area contributed by atoms with Crippen LogP contribution in [-0.2, 0) is 19.6 Å². The van der Waals surface area contributed by atoms with Gasteiger partial charge >= 0.3 is 5.97 Å². The number of rotatable bonds is 4. The van der Waals surface area contributed by atoms with Gasteiger partial charge in [0.05, 0.1) is 11.5 Å². The third-order valence-electron chi connectivity index (χ3n) is 4.68. The molecular formula is C19H23NO4S. The van der Waals surface area contributed by atoms with E-state index in [-0.39, 0.29) is 18.0 Å². The summed E-state index contributed by atoms with van der Waals surface area (Å²) in [6.45, 7) is 4.11. The molecule has 6 heteroatoms. The first kappa shape index (κ1) is 17.9. The van der Waals surface area contributed by atoms with Crippen LogP contribution in [0.5, 0.6) is 0 Å². The Morgan fingerprint density at radius 1 is 1.28 bits per heavy atom. The van der Waals surface area contributed by atoms with E-state index in [0.29, 0.717) is 6.42 Å². The van der Waals surface area contributed by atoms with Gasteiger partial charge in [0, 0.05) is 6.54 Å². The summed E-state index contributed by atoms with van der Waals surface area (Å²) >= 11 is 0. The molecule has 0 saturated carbocycles. The van der Waals surface area contributed by atoms with Crippen LogP contribution in [-0.4, -0.2) is 37.9 Å². The Morgan fingerprint density at radius 2 is 2.00 bits per heavy atom. The molecule has 0 fully saturated rings. The van der Waals surface area contributed by atoms with Gasteiger partial charge in [-0.3, -0.25) is 4.79 Å². The van der Waals surface area contributed by atoms with Gasteiger partial charge in [-0.2, -0.15) is 4.31 Å². The van der Waals surface area contributed by atoms with Crippen molar-refractivity contribution in [1.82, 2.24) is 4.31 Å². The molecule has 1 heterocycles. The maximum atomic E-state index is 13.2. The van der Waals surface area contributed by atoms with E-state index in [1.165, 1.54) is 4.31 Å². The van der Waals surface area contributed by atoms with Gasteiger partial charge < -0.3 is 4.74 Å². The van der Waals surface area contributed by atoms with Gasteiger partial charge in [-0.05, 0) is 50.8 Å². The predicted molar refractivity (Wildman–Crippen MR) is 95.5 cm³/mol. The number of aryl methyl sites for hydroxylation is 1. The van der Waals surface area contributed by atoms with Gasteiger partial charge in [-0.1, -0.05) is 35.4 Å². The Morgan fingerprint density at radius 3 is 2.68 bits per heavy atom. The first-order valence-electron chi connectivity index (χ1n) is 8.56. The molecule has 1 aliphatic heterocycles. The van der Waals surface area contributed by atoms with E-state index in [4.69, 9.17) is 4.74 Å². The number of benzene rings is 1. The van der Waals surface area contributed by atoms with E-state index in [1.807, 2.05) is 13.0 Å². The molecule has 1 unspecified atom stereocenters. The third kappa shape index (κ3) is 3.55. The Hall–Kier alpha value is -1.92. The zero-order valence-corrected chi connectivity index (χ0v) is 15.4. The molecule has 1 aromatic carbocycles. The van der Waals surface area contributed by atoms with Gasteiger partial charge in [0.1, 0.15) is 6.04 Å². The highest BCUT2D eigenvalue weighted by molar-refractivity contribution is 7.89. The summed E-state index contributed by atoms with van der Waals surface area (Å²) in [4.78, 5) is 12.7. The van der Waals surface area contributed by atoms with E-state index >= 15 is 0 Å². The number of carbonyl (C=O) groups excluding carboxylic acids is 1. The highest BCUT2D eigenvalue weighted by Gasteiger charge is 2.41. The monoisotopic (exact) mass is 361 g/mol. The highest BCUT2D eigenvalue weighted by atomic mass is 32.2. The number of hydrogen-bond donors (Lipinski definition) is 0. The minimum atomic E-state index is -3.77. The van der Waals surface area contributed by atoms with Crippen LogP contribution in [0.3, 0.4) is 0 Å². The number of hydrogen-bond acceptors (Lipinski definition) is 4. The molecule has 1 atom stereocenters. The SMILES string of the molecule is CCOC(=O)C1CC2=C(CCC=C2)CN1S(=O)(=O)c1ccc(C)cc1. The smallest absolute Gasteiger partial charge is 0.324 e. The standard InChI is InChI=1S/C19H23NO4S/c1-3-24-19(21)18-12-15-6-4-5-7-16(15)13-20(18)25(22,23)17-10-8-14(2)9-11-17/h4,6,8-11,18H,3,5,7,12-13H2,1-2H3. The van der Waals surface area contributed by atoms with Crippen molar-refractivity contribution in [2.75, 3.05) is 13.2 Å². The number of esters is 1. The lowest BCUT2D eigenvalue weighted by Crippen LogP contribution is -2.49. The van der Waals surface area contributed by atoms with Crippen molar-refractivity contribution >= 4 is 16.0 Å². The molecule has 0 spiro atoms. The number of nitrogens with zero attached hydrogens (tertiary/aromatic N) is 1. The molecule has 1 aliphatic carbocycles. The summed E-state index contributed by atoms with van der Waals surface area (Å²) in [6.07, 6.45) is 6.20. The maximum Gasteiger partial charge on any atom is 0.324 e. The lowest BCUT2D eigenvalue weighted by molar-refractivity contribution is -0.147. The number of ether oxygens (including phenoxy) is 1. The second-order valence-corrected chi connectivity index (χ2v) is 8.30. The Bertz CT molecular complexity index is 821. The van der Waals surface area contributed by atoms with Crippen molar-refractivity contribution in [2.45, 2.75) is 44.0 Å². The predicted octanol–water partition coefficient (Wildman–Crippen LogP) is 2.97. The average molecular weight is 361 g/mol. The number of allylic oxidation sites excluding steroid dienone is 2. The van der Waals surface area contributed by atoms with Crippen molar-refractivity contribution in [3.05, 3.63) is 53.1 Å². The summed E-state index contributed by atoms with van der Waals surface area (Å²) in [6, 6.07) is 5.91. The zero-order chi connectivity index (χ0) is 18.0. The Balaban J connectivity index is 2.00. The molecule has 5 nitrogen and oxygen atoms in total. The molecule has 2 aliphatic rings. The van der Waals surface area contributed by atoms with Crippen LogP contribution < -0.4 is 0 Å². The molecule has 0 saturated heterocycles. The van der Waals surface area contributed by atoms with E-state index < -0.39 is 22.0 Å². The van der Waals surface area contributed by atoms with Crippen LogP contribution in [0.1, 0.15) is 31.7 Å². The third-order valence-corrected chi connectivity index (χ3v) is 6.55. The molecule has 0 aromatic heterocycles. The second kappa shape index (κ2) is 7.14. The van der Waals surface area contributed by atoms with Crippen molar-refractivity contribution in [2.24, 2.45) is 0 Å². The number of carbonyl (C=O) groups is 1. The van der Waals surface area contributed by atoms with Crippen molar-refractivity contribution in [3.8, 4) is 0 Å². The highest BCUT2D eigenvalue weighted by Crippen LogP contribution is 2.34. The lowest BCUT2D eigenvalue weighted by atomic mass is 9.89. The van der Waals surface area contributed by atoms with Gasteiger partial charge in [0.2, 0.25) is 10.0 Å². The Labute approximate surface area is 149 Å². The summed E-state index contributed by atoms with van der Waals surface area (Å²) in [7, 11) is -3.77. The molecule has 134 valence electrons. The van der Waals surface area contributed by atoms with E-state index in [1.54, 1.807) is 31.2 Å². The summed E-state index contributed by atoms with van der Waals surface area (Å²) in [5.41, 5.74) is 3.15.